The van der Waals surface area contributed by atoms with E-state index in [9.17, 15) is 14.9 Å². The summed E-state index contributed by atoms with van der Waals surface area (Å²) in [5.74, 6) is 0.463. The van der Waals surface area contributed by atoms with Gasteiger partial charge < -0.3 is 4.79 Å². The number of hydrogen-bond acceptors (Lipinski definition) is 3. The molecular formula is C16H17NO3. The summed E-state index contributed by atoms with van der Waals surface area (Å²) in [5.41, 5.74) is 2.05. The molecule has 2 aliphatic carbocycles. The SMILES string of the molecule is CC1=C[C@@]2(C)[C@@H]([C@H]1c1ccc([N+](=O)[O-])cc1)[C@]2(C)C=O. The van der Waals surface area contributed by atoms with Crippen molar-refractivity contribution >= 4 is 12.0 Å². The van der Waals surface area contributed by atoms with Gasteiger partial charge in [0.25, 0.3) is 5.69 Å². The number of allylic oxidation sites excluding steroid dienone is 2. The summed E-state index contributed by atoms with van der Waals surface area (Å²) in [6, 6.07) is 6.71. The number of carbonyl (C=O) groups is 1. The van der Waals surface area contributed by atoms with Crippen molar-refractivity contribution in [1.29, 1.82) is 0 Å². The zero-order valence-electron chi connectivity index (χ0n) is 11.8. The number of aldehydes is 1. The molecule has 3 rings (SSSR count). The number of rotatable bonds is 3. The van der Waals surface area contributed by atoms with Crippen molar-refractivity contribution in [2.75, 3.05) is 0 Å². The summed E-state index contributed by atoms with van der Waals surface area (Å²) in [5, 5.41) is 10.7. The maximum Gasteiger partial charge on any atom is 0.269 e. The van der Waals surface area contributed by atoms with Crippen LogP contribution in [0.2, 0.25) is 0 Å². The van der Waals surface area contributed by atoms with Gasteiger partial charge in [0.2, 0.25) is 0 Å². The molecule has 104 valence electrons. The van der Waals surface area contributed by atoms with Gasteiger partial charge in [-0.25, -0.2) is 0 Å². The molecule has 0 N–H and O–H groups in total. The van der Waals surface area contributed by atoms with Gasteiger partial charge >= 0.3 is 0 Å². The minimum Gasteiger partial charge on any atom is -0.303 e. The first-order valence-corrected chi connectivity index (χ1v) is 6.75. The van der Waals surface area contributed by atoms with E-state index in [-0.39, 0.29) is 28.4 Å². The third-order valence-electron chi connectivity index (χ3n) is 5.43. The Morgan fingerprint density at radius 1 is 1.25 bits per heavy atom. The Morgan fingerprint density at radius 2 is 1.85 bits per heavy atom. The first-order valence-electron chi connectivity index (χ1n) is 6.75. The molecule has 4 atom stereocenters. The molecule has 0 radical (unpaired) electrons. The second kappa shape index (κ2) is 3.78. The number of benzene rings is 1. The molecule has 0 saturated heterocycles. The summed E-state index contributed by atoms with van der Waals surface area (Å²) >= 11 is 0. The number of hydrogen-bond donors (Lipinski definition) is 0. The van der Waals surface area contributed by atoms with Crippen molar-refractivity contribution in [2.24, 2.45) is 16.7 Å². The topological polar surface area (TPSA) is 60.2 Å². The van der Waals surface area contributed by atoms with E-state index in [0.717, 1.165) is 11.8 Å². The zero-order valence-corrected chi connectivity index (χ0v) is 11.8. The highest BCUT2D eigenvalue weighted by atomic mass is 16.6. The van der Waals surface area contributed by atoms with Gasteiger partial charge in [-0.05, 0) is 18.4 Å². The minimum absolute atomic E-state index is 0.0642. The number of nitro groups is 1. The molecule has 0 aromatic heterocycles. The molecule has 0 unspecified atom stereocenters. The first kappa shape index (κ1) is 13.0. The van der Waals surface area contributed by atoms with Crippen LogP contribution >= 0.6 is 0 Å². The van der Waals surface area contributed by atoms with E-state index in [4.69, 9.17) is 0 Å². The lowest BCUT2D eigenvalue weighted by molar-refractivity contribution is -0.384. The van der Waals surface area contributed by atoms with E-state index >= 15 is 0 Å². The standard InChI is InChI=1S/C16H17NO3/c1-10-8-15(2)14(16(15,3)9-18)13(10)11-4-6-12(7-5-11)17(19)20/h4-9,13-14H,1-3H3/t13-,14-,15+,16+/m1/s1. The average Bonchev–Trinajstić information content (AvgIpc) is 2.73. The van der Waals surface area contributed by atoms with Gasteiger partial charge in [0.05, 0.1) is 4.92 Å². The predicted octanol–water partition coefficient (Wildman–Crippen LogP) is 3.48. The number of non-ortho nitro benzene ring substituents is 1. The third-order valence-corrected chi connectivity index (χ3v) is 5.43. The molecule has 1 fully saturated rings. The lowest BCUT2D eigenvalue weighted by atomic mass is 9.85. The second-order valence-electron chi connectivity index (χ2n) is 6.38. The Bertz CT molecular complexity index is 634. The van der Waals surface area contributed by atoms with Crippen LogP contribution in [0.4, 0.5) is 5.69 Å². The average molecular weight is 271 g/mol. The van der Waals surface area contributed by atoms with Crippen molar-refractivity contribution in [2.45, 2.75) is 26.7 Å². The molecule has 0 heterocycles. The van der Waals surface area contributed by atoms with Gasteiger partial charge in [-0.1, -0.05) is 37.6 Å². The van der Waals surface area contributed by atoms with Gasteiger partial charge in [0.1, 0.15) is 6.29 Å². The van der Waals surface area contributed by atoms with Crippen molar-refractivity contribution < 1.29 is 9.72 Å². The minimum atomic E-state index is -0.391. The Kier molecular flexibility index (Phi) is 2.46. The molecule has 0 amide bonds. The smallest absolute Gasteiger partial charge is 0.269 e. The molecule has 1 aromatic carbocycles. The monoisotopic (exact) mass is 271 g/mol. The predicted molar refractivity (Wildman–Crippen MR) is 75.4 cm³/mol. The van der Waals surface area contributed by atoms with Crippen LogP contribution in [0.15, 0.2) is 35.9 Å². The van der Waals surface area contributed by atoms with E-state index in [1.807, 2.05) is 19.1 Å². The van der Waals surface area contributed by atoms with E-state index in [1.54, 1.807) is 12.1 Å². The number of carbonyl (C=O) groups excluding carboxylic acids is 1. The van der Waals surface area contributed by atoms with Crippen LogP contribution in [0, 0.1) is 26.9 Å². The van der Waals surface area contributed by atoms with Crippen molar-refractivity contribution in [3.63, 3.8) is 0 Å². The van der Waals surface area contributed by atoms with E-state index in [1.165, 1.54) is 5.57 Å². The summed E-state index contributed by atoms with van der Waals surface area (Å²) in [6.07, 6.45) is 3.27. The van der Waals surface area contributed by atoms with Gasteiger partial charge in [-0.15, -0.1) is 0 Å². The van der Waals surface area contributed by atoms with Crippen LogP contribution in [0.5, 0.6) is 0 Å². The summed E-state index contributed by atoms with van der Waals surface area (Å²) in [7, 11) is 0. The normalized spacial score (nSPS) is 38.0. The number of nitrogens with zero attached hydrogens (tertiary/aromatic N) is 1. The summed E-state index contributed by atoms with van der Waals surface area (Å²) < 4.78 is 0. The van der Waals surface area contributed by atoms with E-state index in [0.29, 0.717) is 0 Å². The van der Waals surface area contributed by atoms with Crippen molar-refractivity contribution in [3.05, 3.63) is 51.6 Å². The van der Waals surface area contributed by atoms with Gasteiger partial charge in [0, 0.05) is 28.9 Å². The van der Waals surface area contributed by atoms with Crippen LogP contribution in [0.25, 0.3) is 0 Å². The second-order valence-corrected chi connectivity index (χ2v) is 6.38. The fourth-order valence-electron chi connectivity index (χ4n) is 4.12. The fraction of sp³-hybridized carbons (Fsp3) is 0.438. The van der Waals surface area contributed by atoms with Crippen LogP contribution in [-0.2, 0) is 4.79 Å². The van der Waals surface area contributed by atoms with Gasteiger partial charge in [0.15, 0.2) is 0 Å². The van der Waals surface area contributed by atoms with Crippen LogP contribution in [-0.4, -0.2) is 11.2 Å². The first-order chi connectivity index (χ1) is 9.35. The molecule has 0 bridgehead atoms. The molecule has 4 nitrogen and oxygen atoms in total. The highest BCUT2D eigenvalue weighted by Gasteiger charge is 2.74. The molecule has 0 spiro atoms. The van der Waals surface area contributed by atoms with Gasteiger partial charge in [-0.2, -0.15) is 0 Å². The molecule has 2 aliphatic rings. The molecule has 1 aromatic rings. The quantitative estimate of drug-likeness (QED) is 0.366. The maximum atomic E-state index is 11.4. The number of fused-ring (bicyclic) bond motifs is 1. The lowest BCUT2D eigenvalue weighted by Gasteiger charge is -2.18. The van der Waals surface area contributed by atoms with E-state index < -0.39 is 4.92 Å². The molecular weight excluding hydrogens is 254 g/mol. The third kappa shape index (κ3) is 1.39. The van der Waals surface area contributed by atoms with E-state index in [2.05, 4.69) is 19.9 Å². The highest BCUT2D eigenvalue weighted by molar-refractivity contribution is 5.72. The molecule has 1 saturated carbocycles. The van der Waals surface area contributed by atoms with Gasteiger partial charge in [-0.3, -0.25) is 10.1 Å². The van der Waals surface area contributed by atoms with Crippen LogP contribution in [0.3, 0.4) is 0 Å². The van der Waals surface area contributed by atoms with Crippen molar-refractivity contribution in [1.82, 2.24) is 0 Å². The largest absolute Gasteiger partial charge is 0.303 e. The Balaban J connectivity index is 1.98. The highest BCUT2D eigenvalue weighted by Crippen LogP contribution is 2.77. The molecule has 0 aliphatic heterocycles. The Labute approximate surface area is 117 Å². The zero-order chi connectivity index (χ0) is 14.7. The fourth-order valence-corrected chi connectivity index (χ4v) is 4.12. The van der Waals surface area contributed by atoms with Crippen LogP contribution < -0.4 is 0 Å². The van der Waals surface area contributed by atoms with Crippen molar-refractivity contribution in [3.8, 4) is 0 Å². The van der Waals surface area contributed by atoms with Crippen LogP contribution in [0.1, 0.15) is 32.3 Å². The summed E-state index contributed by atoms with van der Waals surface area (Å²) in [6.45, 7) is 6.21. The summed E-state index contributed by atoms with van der Waals surface area (Å²) in [4.78, 5) is 21.7. The lowest BCUT2D eigenvalue weighted by Crippen LogP contribution is -2.12. The molecule has 20 heavy (non-hydrogen) atoms. The molecule has 4 heteroatoms. The Morgan fingerprint density at radius 3 is 2.35 bits per heavy atom. The Hall–Kier alpha value is -1.97. The number of nitro benzene ring substituents is 1. The maximum absolute atomic E-state index is 11.4.